The number of nitrogens with one attached hydrogen (secondary N) is 1. The largest absolute Gasteiger partial charge is 0.397 e. The molecule has 104 valence electrons. The number of aromatic nitrogens is 1. The Balaban J connectivity index is 1.95. The fraction of sp³-hybridized carbons (Fsp3) is 0.538. The maximum Gasteiger partial charge on any atom is 0.250 e. The number of likely N-dealkylation sites (N-methyl/N-ethyl adjacent to an activating group) is 1. The summed E-state index contributed by atoms with van der Waals surface area (Å²) in [5.41, 5.74) is 11.5. The van der Waals surface area contributed by atoms with Crippen LogP contribution in [0.2, 0.25) is 0 Å². The summed E-state index contributed by atoms with van der Waals surface area (Å²) in [7, 11) is 2.13. The number of hydrogen-bond donors (Lipinski definition) is 3. The third-order valence-electron chi connectivity index (χ3n) is 3.60. The van der Waals surface area contributed by atoms with Crippen molar-refractivity contribution < 1.29 is 4.79 Å². The van der Waals surface area contributed by atoms with Crippen LogP contribution in [0.25, 0.3) is 0 Å². The van der Waals surface area contributed by atoms with Gasteiger partial charge in [-0.1, -0.05) is 0 Å². The summed E-state index contributed by atoms with van der Waals surface area (Å²) in [5, 5.41) is 3.21. The number of primary amides is 1. The Labute approximate surface area is 113 Å². The van der Waals surface area contributed by atoms with E-state index in [0.717, 1.165) is 12.6 Å². The number of nitrogen functional groups attached to an aromatic ring is 1. The van der Waals surface area contributed by atoms with Crippen LogP contribution in [0.5, 0.6) is 0 Å². The molecule has 0 spiro atoms. The number of rotatable bonds is 6. The average molecular weight is 263 g/mol. The number of hydrogen-bond acceptors (Lipinski definition) is 5. The zero-order valence-corrected chi connectivity index (χ0v) is 11.4. The highest BCUT2D eigenvalue weighted by Gasteiger charge is 2.28. The molecule has 19 heavy (non-hydrogen) atoms. The molecular formula is C13H21N5O. The molecule has 5 N–H and O–H groups in total. The molecule has 1 aromatic heterocycles. The molecule has 1 unspecified atom stereocenters. The van der Waals surface area contributed by atoms with Crippen LogP contribution in [0.1, 0.15) is 30.1 Å². The molecule has 1 heterocycles. The third kappa shape index (κ3) is 3.35. The van der Waals surface area contributed by atoms with Gasteiger partial charge in [-0.25, -0.2) is 4.98 Å². The zero-order valence-electron chi connectivity index (χ0n) is 11.4. The first-order chi connectivity index (χ1) is 8.99. The van der Waals surface area contributed by atoms with Crippen LogP contribution in [0.15, 0.2) is 12.3 Å². The summed E-state index contributed by atoms with van der Waals surface area (Å²) in [6.07, 6.45) is 4.03. The van der Waals surface area contributed by atoms with Crippen molar-refractivity contribution in [2.24, 2.45) is 5.73 Å². The van der Waals surface area contributed by atoms with Crippen molar-refractivity contribution in [1.29, 1.82) is 0 Å². The summed E-state index contributed by atoms with van der Waals surface area (Å²) in [4.78, 5) is 17.7. The molecule has 0 aromatic carbocycles. The Morgan fingerprint density at radius 1 is 1.63 bits per heavy atom. The lowest BCUT2D eigenvalue weighted by molar-refractivity contribution is 0.100. The summed E-state index contributed by atoms with van der Waals surface area (Å²) in [6.45, 7) is 2.93. The fourth-order valence-corrected chi connectivity index (χ4v) is 2.01. The summed E-state index contributed by atoms with van der Waals surface area (Å²) >= 11 is 0. The standard InChI is InChI=1S/C13H21N5O/c1-8(18(2)9-3-4-9)6-16-12-5-10(13(15)19)11(14)7-17-12/h5,7-9H,3-4,6,14H2,1-2H3,(H2,15,19)(H,16,17). The van der Waals surface area contributed by atoms with Crippen LogP contribution in [0.4, 0.5) is 11.5 Å². The van der Waals surface area contributed by atoms with Gasteiger partial charge in [-0.15, -0.1) is 0 Å². The third-order valence-corrected chi connectivity index (χ3v) is 3.60. The van der Waals surface area contributed by atoms with E-state index in [-0.39, 0.29) is 0 Å². The highest BCUT2D eigenvalue weighted by molar-refractivity contribution is 5.98. The lowest BCUT2D eigenvalue weighted by Gasteiger charge is -2.24. The van der Waals surface area contributed by atoms with Crippen molar-refractivity contribution in [2.45, 2.75) is 31.8 Å². The van der Waals surface area contributed by atoms with Crippen molar-refractivity contribution >= 4 is 17.4 Å². The van der Waals surface area contributed by atoms with Gasteiger partial charge in [0.2, 0.25) is 0 Å². The molecule has 0 saturated heterocycles. The number of carbonyl (C=O) groups is 1. The Kier molecular flexibility index (Phi) is 3.90. The smallest absolute Gasteiger partial charge is 0.250 e. The van der Waals surface area contributed by atoms with Crippen LogP contribution in [0, 0.1) is 0 Å². The lowest BCUT2D eigenvalue weighted by atomic mass is 10.2. The van der Waals surface area contributed by atoms with Crippen molar-refractivity contribution in [3.63, 3.8) is 0 Å². The molecule has 0 radical (unpaired) electrons. The molecule has 1 aromatic rings. The van der Waals surface area contributed by atoms with Crippen molar-refractivity contribution in [3.05, 3.63) is 17.8 Å². The van der Waals surface area contributed by atoms with Gasteiger partial charge in [-0.3, -0.25) is 9.69 Å². The van der Waals surface area contributed by atoms with Gasteiger partial charge < -0.3 is 16.8 Å². The number of amides is 1. The second-order valence-electron chi connectivity index (χ2n) is 5.15. The van der Waals surface area contributed by atoms with Gasteiger partial charge in [0.1, 0.15) is 5.82 Å². The molecule has 0 bridgehead atoms. The monoisotopic (exact) mass is 263 g/mol. The Morgan fingerprint density at radius 3 is 2.89 bits per heavy atom. The number of carbonyl (C=O) groups excluding carboxylic acids is 1. The lowest BCUT2D eigenvalue weighted by Crippen LogP contribution is -2.36. The van der Waals surface area contributed by atoms with Gasteiger partial charge >= 0.3 is 0 Å². The quantitative estimate of drug-likeness (QED) is 0.700. The van der Waals surface area contributed by atoms with E-state index < -0.39 is 5.91 Å². The first kappa shape index (κ1) is 13.6. The maximum atomic E-state index is 11.2. The number of nitrogens with two attached hydrogens (primary N) is 2. The predicted molar refractivity (Wildman–Crippen MR) is 75.9 cm³/mol. The molecule has 1 saturated carbocycles. The SMILES string of the molecule is CC(CNc1cc(C(N)=O)c(N)cn1)N(C)C1CC1. The minimum atomic E-state index is -0.536. The number of nitrogens with zero attached hydrogens (tertiary/aromatic N) is 2. The second-order valence-corrected chi connectivity index (χ2v) is 5.15. The molecule has 1 atom stereocenters. The van der Waals surface area contributed by atoms with Crippen molar-refractivity contribution in [2.75, 3.05) is 24.6 Å². The van der Waals surface area contributed by atoms with Gasteiger partial charge in [-0.05, 0) is 32.9 Å². The van der Waals surface area contributed by atoms with Gasteiger partial charge in [-0.2, -0.15) is 0 Å². The maximum absolute atomic E-state index is 11.2. The van der Waals surface area contributed by atoms with E-state index in [9.17, 15) is 4.79 Å². The average Bonchev–Trinajstić information content (AvgIpc) is 3.20. The van der Waals surface area contributed by atoms with Crippen LogP contribution >= 0.6 is 0 Å². The van der Waals surface area contributed by atoms with E-state index in [1.165, 1.54) is 19.0 Å². The van der Waals surface area contributed by atoms with E-state index in [0.29, 0.717) is 23.1 Å². The molecule has 2 rings (SSSR count). The summed E-state index contributed by atoms with van der Waals surface area (Å²) in [6, 6.07) is 2.72. The predicted octanol–water partition coefficient (Wildman–Crippen LogP) is 0.657. The van der Waals surface area contributed by atoms with Crippen molar-refractivity contribution in [3.8, 4) is 0 Å². The second kappa shape index (κ2) is 5.44. The Bertz CT molecular complexity index is 472. The van der Waals surface area contributed by atoms with Crippen LogP contribution in [-0.2, 0) is 0 Å². The van der Waals surface area contributed by atoms with Gasteiger partial charge in [0.25, 0.3) is 5.91 Å². The van der Waals surface area contributed by atoms with E-state index >= 15 is 0 Å². The van der Waals surface area contributed by atoms with Crippen LogP contribution in [-0.4, -0.2) is 41.5 Å². The van der Waals surface area contributed by atoms with E-state index in [1.54, 1.807) is 6.07 Å². The van der Waals surface area contributed by atoms with Gasteiger partial charge in [0.15, 0.2) is 0 Å². The van der Waals surface area contributed by atoms with Crippen LogP contribution in [0.3, 0.4) is 0 Å². The minimum absolute atomic E-state index is 0.306. The van der Waals surface area contributed by atoms with Crippen molar-refractivity contribution in [1.82, 2.24) is 9.88 Å². The summed E-state index contributed by atoms with van der Waals surface area (Å²) < 4.78 is 0. The topological polar surface area (TPSA) is 97.3 Å². The van der Waals surface area contributed by atoms with Crippen LogP contribution < -0.4 is 16.8 Å². The normalized spacial score (nSPS) is 16.4. The van der Waals surface area contributed by atoms with E-state index in [4.69, 9.17) is 11.5 Å². The molecule has 1 aliphatic rings. The first-order valence-electron chi connectivity index (χ1n) is 6.50. The molecule has 1 aliphatic carbocycles. The Hall–Kier alpha value is -1.82. The van der Waals surface area contributed by atoms with Gasteiger partial charge in [0, 0.05) is 18.6 Å². The summed E-state index contributed by atoms with van der Waals surface area (Å²) in [5.74, 6) is 0.0881. The first-order valence-corrected chi connectivity index (χ1v) is 6.50. The Morgan fingerprint density at radius 2 is 2.32 bits per heavy atom. The highest BCUT2D eigenvalue weighted by Crippen LogP contribution is 2.27. The number of anilines is 2. The molecular weight excluding hydrogens is 242 g/mol. The minimum Gasteiger partial charge on any atom is -0.397 e. The highest BCUT2D eigenvalue weighted by atomic mass is 16.1. The fourth-order valence-electron chi connectivity index (χ4n) is 2.01. The van der Waals surface area contributed by atoms with E-state index in [1.807, 2.05) is 0 Å². The number of pyridine rings is 1. The zero-order chi connectivity index (χ0) is 14.0. The van der Waals surface area contributed by atoms with Gasteiger partial charge in [0.05, 0.1) is 17.4 Å². The molecule has 1 amide bonds. The molecule has 0 aliphatic heterocycles. The molecule has 1 fully saturated rings. The van der Waals surface area contributed by atoms with E-state index in [2.05, 4.69) is 29.2 Å². The molecule has 6 heteroatoms. The molecule has 6 nitrogen and oxygen atoms in total.